The van der Waals surface area contributed by atoms with Crippen LogP contribution < -0.4 is 10.6 Å². The van der Waals surface area contributed by atoms with Crippen molar-refractivity contribution in [3.63, 3.8) is 0 Å². The van der Waals surface area contributed by atoms with E-state index in [-0.39, 0.29) is 23.6 Å². The van der Waals surface area contributed by atoms with Gasteiger partial charge in [0.15, 0.2) is 0 Å². The maximum absolute atomic E-state index is 13.8. The third kappa shape index (κ3) is 2.14. The number of rotatable bonds is 2. The first kappa shape index (κ1) is 13.5. The van der Waals surface area contributed by atoms with Gasteiger partial charge in [0.25, 0.3) is 5.91 Å². The van der Waals surface area contributed by atoms with Gasteiger partial charge < -0.3 is 10.6 Å². The van der Waals surface area contributed by atoms with Gasteiger partial charge in [0.1, 0.15) is 11.4 Å². The summed E-state index contributed by atoms with van der Waals surface area (Å²) in [4.78, 5) is 25.4. The zero-order valence-electron chi connectivity index (χ0n) is 11.1. The summed E-state index contributed by atoms with van der Waals surface area (Å²) in [5, 5.41) is 14.6. The maximum atomic E-state index is 13.8. The van der Waals surface area contributed by atoms with Crippen LogP contribution in [-0.2, 0) is 11.3 Å². The van der Waals surface area contributed by atoms with Gasteiger partial charge >= 0.3 is 6.03 Å². The van der Waals surface area contributed by atoms with E-state index in [0.717, 1.165) is 4.90 Å². The summed E-state index contributed by atoms with van der Waals surface area (Å²) in [7, 11) is 0. The number of halogens is 1. The Labute approximate surface area is 120 Å². The number of carbonyl (C=O) groups excluding carboxylic acids is 2. The minimum atomic E-state index is -0.902. The topological polar surface area (TPSA) is 85.2 Å². The molecule has 0 radical (unpaired) electrons. The molecule has 2 aliphatic rings. The van der Waals surface area contributed by atoms with Crippen LogP contribution in [0.1, 0.15) is 17.5 Å². The smallest absolute Gasteiger partial charge is 0.322 e. The molecule has 0 bridgehead atoms. The highest BCUT2D eigenvalue weighted by Gasteiger charge is 2.52. The second-order valence-electron chi connectivity index (χ2n) is 5.25. The SMILES string of the molecule is N#Cc1ccc(F)c(CN2C(=O)NC3(CCNC3)C2=O)c1. The molecule has 1 unspecified atom stereocenters. The van der Waals surface area contributed by atoms with Crippen molar-refractivity contribution in [1.82, 2.24) is 15.5 Å². The predicted molar refractivity (Wildman–Crippen MR) is 70.4 cm³/mol. The average molecular weight is 288 g/mol. The van der Waals surface area contributed by atoms with E-state index in [4.69, 9.17) is 5.26 Å². The molecule has 1 atom stereocenters. The lowest BCUT2D eigenvalue weighted by molar-refractivity contribution is -0.131. The Morgan fingerprint density at radius 2 is 2.24 bits per heavy atom. The average Bonchev–Trinajstić information content (AvgIpc) is 3.02. The lowest BCUT2D eigenvalue weighted by Gasteiger charge is -2.19. The monoisotopic (exact) mass is 288 g/mol. The molecule has 3 rings (SSSR count). The lowest BCUT2D eigenvalue weighted by atomic mass is 9.99. The second-order valence-corrected chi connectivity index (χ2v) is 5.25. The van der Waals surface area contributed by atoms with Gasteiger partial charge in [-0.15, -0.1) is 0 Å². The maximum Gasteiger partial charge on any atom is 0.325 e. The molecule has 0 saturated carbocycles. The van der Waals surface area contributed by atoms with E-state index in [1.165, 1.54) is 18.2 Å². The molecule has 2 fully saturated rings. The first-order chi connectivity index (χ1) is 10.1. The summed E-state index contributed by atoms with van der Waals surface area (Å²) < 4.78 is 13.8. The van der Waals surface area contributed by atoms with Gasteiger partial charge in [-0.05, 0) is 31.2 Å². The Bertz CT molecular complexity index is 661. The highest BCUT2D eigenvalue weighted by molar-refractivity contribution is 6.07. The number of nitriles is 1. The van der Waals surface area contributed by atoms with Crippen LogP contribution in [-0.4, -0.2) is 35.5 Å². The molecule has 1 spiro atoms. The minimum Gasteiger partial charge on any atom is -0.322 e. The second kappa shape index (κ2) is 4.82. The fraction of sp³-hybridized carbons (Fsp3) is 0.357. The largest absolute Gasteiger partial charge is 0.325 e. The highest BCUT2D eigenvalue weighted by Crippen LogP contribution is 2.26. The summed E-state index contributed by atoms with van der Waals surface area (Å²) in [6.07, 6.45) is 0.523. The van der Waals surface area contributed by atoms with Crippen molar-refractivity contribution in [2.45, 2.75) is 18.5 Å². The van der Waals surface area contributed by atoms with E-state index in [0.29, 0.717) is 19.5 Å². The van der Waals surface area contributed by atoms with Gasteiger partial charge in [0.2, 0.25) is 0 Å². The highest BCUT2D eigenvalue weighted by atomic mass is 19.1. The van der Waals surface area contributed by atoms with Crippen LogP contribution in [0.3, 0.4) is 0 Å². The van der Waals surface area contributed by atoms with Crippen molar-refractivity contribution in [2.24, 2.45) is 0 Å². The zero-order valence-corrected chi connectivity index (χ0v) is 11.1. The third-order valence-electron chi connectivity index (χ3n) is 3.90. The number of amides is 3. The molecule has 2 N–H and O–H groups in total. The van der Waals surface area contributed by atoms with E-state index >= 15 is 0 Å². The van der Waals surface area contributed by atoms with Gasteiger partial charge in [-0.25, -0.2) is 9.18 Å². The molecule has 0 aromatic heterocycles. The molecule has 21 heavy (non-hydrogen) atoms. The van der Waals surface area contributed by atoms with E-state index in [9.17, 15) is 14.0 Å². The van der Waals surface area contributed by atoms with Gasteiger partial charge in [0, 0.05) is 12.1 Å². The van der Waals surface area contributed by atoms with Crippen LogP contribution in [0.2, 0.25) is 0 Å². The number of carbonyl (C=O) groups is 2. The minimum absolute atomic E-state index is 0.153. The van der Waals surface area contributed by atoms with Crippen LogP contribution in [0.15, 0.2) is 18.2 Å². The first-order valence-corrected chi connectivity index (χ1v) is 6.59. The first-order valence-electron chi connectivity index (χ1n) is 6.59. The van der Waals surface area contributed by atoms with Crippen LogP contribution >= 0.6 is 0 Å². The van der Waals surface area contributed by atoms with Crippen LogP contribution in [0.4, 0.5) is 9.18 Å². The fourth-order valence-electron chi connectivity index (χ4n) is 2.74. The number of hydrogen-bond donors (Lipinski definition) is 2. The van der Waals surface area contributed by atoms with Crippen LogP contribution in [0, 0.1) is 17.1 Å². The molecule has 2 heterocycles. The van der Waals surface area contributed by atoms with Crippen molar-refractivity contribution < 1.29 is 14.0 Å². The molecule has 6 nitrogen and oxygen atoms in total. The molecule has 0 aliphatic carbocycles. The molecule has 2 aliphatic heterocycles. The molecular formula is C14H13FN4O2. The lowest BCUT2D eigenvalue weighted by Crippen LogP contribution is -2.48. The fourth-order valence-corrected chi connectivity index (χ4v) is 2.74. The number of nitrogens with one attached hydrogen (secondary N) is 2. The van der Waals surface area contributed by atoms with Gasteiger partial charge in [-0.2, -0.15) is 5.26 Å². The van der Waals surface area contributed by atoms with Gasteiger partial charge in [0.05, 0.1) is 18.2 Å². The molecule has 7 heteroatoms. The Kier molecular flexibility index (Phi) is 3.11. The standard InChI is InChI=1S/C14H13FN4O2/c15-11-2-1-9(6-16)5-10(11)7-19-12(20)14(18-13(19)21)3-4-17-8-14/h1-2,5,17H,3-4,7-8H2,(H,18,21). The summed E-state index contributed by atoms with van der Waals surface area (Å²) in [5.41, 5.74) is -0.461. The van der Waals surface area contributed by atoms with E-state index in [1.807, 2.05) is 6.07 Å². The number of benzene rings is 1. The van der Waals surface area contributed by atoms with Crippen molar-refractivity contribution in [3.8, 4) is 6.07 Å². The Balaban J connectivity index is 1.87. The van der Waals surface area contributed by atoms with Crippen molar-refractivity contribution in [2.75, 3.05) is 13.1 Å². The van der Waals surface area contributed by atoms with E-state index in [1.54, 1.807) is 0 Å². The molecule has 1 aromatic carbocycles. The molecule has 1 aromatic rings. The zero-order chi connectivity index (χ0) is 15.0. The summed E-state index contributed by atoms with van der Waals surface area (Å²) in [6.45, 7) is 0.862. The summed E-state index contributed by atoms with van der Waals surface area (Å²) in [6, 6.07) is 5.26. The number of urea groups is 1. The summed E-state index contributed by atoms with van der Waals surface area (Å²) >= 11 is 0. The number of nitrogens with zero attached hydrogens (tertiary/aromatic N) is 2. The van der Waals surface area contributed by atoms with Crippen LogP contribution in [0.25, 0.3) is 0 Å². The molecule has 3 amide bonds. The van der Waals surface area contributed by atoms with Crippen molar-refractivity contribution in [1.29, 1.82) is 5.26 Å². The Morgan fingerprint density at radius 1 is 1.43 bits per heavy atom. The number of imide groups is 1. The van der Waals surface area contributed by atoms with Gasteiger partial charge in [-0.1, -0.05) is 0 Å². The van der Waals surface area contributed by atoms with Gasteiger partial charge in [-0.3, -0.25) is 9.69 Å². The van der Waals surface area contributed by atoms with Crippen molar-refractivity contribution in [3.05, 3.63) is 35.1 Å². The molecule has 108 valence electrons. The predicted octanol–water partition coefficient (Wildman–Crippen LogP) is 0.481. The third-order valence-corrected chi connectivity index (χ3v) is 3.90. The quantitative estimate of drug-likeness (QED) is 0.775. The molecular weight excluding hydrogens is 275 g/mol. The number of hydrogen-bond acceptors (Lipinski definition) is 4. The van der Waals surface area contributed by atoms with E-state index < -0.39 is 17.4 Å². The Hall–Kier alpha value is -2.46. The summed E-state index contributed by atoms with van der Waals surface area (Å²) in [5.74, 6) is -0.889. The van der Waals surface area contributed by atoms with E-state index in [2.05, 4.69) is 10.6 Å². The molecule has 2 saturated heterocycles. The van der Waals surface area contributed by atoms with Crippen LogP contribution in [0.5, 0.6) is 0 Å². The Morgan fingerprint density at radius 3 is 2.90 bits per heavy atom. The normalized spacial score (nSPS) is 24.5. The van der Waals surface area contributed by atoms with Crippen molar-refractivity contribution >= 4 is 11.9 Å².